The van der Waals surface area contributed by atoms with Crippen molar-refractivity contribution in [2.75, 3.05) is 6.61 Å². The Morgan fingerprint density at radius 3 is 2.43 bits per heavy atom. The van der Waals surface area contributed by atoms with Gasteiger partial charge in [0.15, 0.2) is 0 Å². The molecule has 2 aliphatic heterocycles. The maximum absolute atomic E-state index is 12.2. The fourth-order valence-electron chi connectivity index (χ4n) is 2.60. The normalized spacial score (nSPS) is 30.7. The van der Waals surface area contributed by atoms with Crippen LogP contribution in [0.5, 0.6) is 0 Å². The van der Waals surface area contributed by atoms with Crippen LogP contribution in [-0.2, 0) is 19.1 Å². The van der Waals surface area contributed by atoms with Crippen LogP contribution in [0.15, 0.2) is 0 Å². The number of carbonyl (C=O) groups is 3. The second-order valence-corrected chi connectivity index (χ2v) is 9.86. The summed E-state index contributed by atoms with van der Waals surface area (Å²) in [6.07, 6.45) is 0. The molecule has 118 valence electrons. The fraction of sp³-hybridized carbons (Fsp3) is 0.750. The van der Waals surface area contributed by atoms with Gasteiger partial charge >= 0.3 is 5.97 Å². The Morgan fingerprint density at radius 1 is 1.38 bits per heavy atom. The summed E-state index contributed by atoms with van der Waals surface area (Å²) in [5.41, 5.74) is 0. The van der Waals surface area contributed by atoms with Crippen LogP contribution in [0.1, 0.15) is 20.8 Å². The standard InChI is InChI=1S/C12H14Cl3NO4S/c1-5(17)6-8(18)16-7(11(2,3)21-9(6)16)10(19)20-4-12(13,14)15/h6-7,9H,4H2,1-3H3/t6-,7-,9+/m0/s1. The number of ketones is 1. The van der Waals surface area contributed by atoms with Crippen molar-refractivity contribution in [1.82, 2.24) is 4.90 Å². The van der Waals surface area contributed by atoms with Crippen LogP contribution in [0.4, 0.5) is 0 Å². The molecule has 3 atom stereocenters. The predicted molar refractivity (Wildman–Crippen MR) is 81.5 cm³/mol. The molecule has 0 radical (unpaired) electrons. The van der Waals surface area contributed by atoms with E-state index in [1.165, 1.54) is 23.6 Å². The number of carbonyl (C=O) groups excluding carboxylic acids is 3. The smallest absolute Gasteiger partial charge is 0.330 e. The van der Waals surface area contributed by atoms with Crippen molar-refractivity contribution in [3.8, 4) is 0 Å². The number of β-lactam (4-membered cyclic amide) rings is 1. The van der Waals surface area contributed by atoms with Gasteiger partial charge in [0.25, 0.3) is 0 Å². The lowest BCUT2D eigenvalue weighted by atomic mass is 9.89. The van der Waals surface area contributed by atoms with Crippen molar-refractivity contribution >= 4 is 64.2 Å². The number of rotatable bonds is 3. The van der Waals surface area contributed by atoms with Crippen LogP contribution in [0.3, 0.4) is 0 Å². The zero-order valence-corrected chi connectivity index (χ0v) is 14.6. The van der Waals surface area contributed by atoms with Gasteiger partial charge in [0.1, 0.15) is 24.3 Å². The van der Waals surface area contributed by atoms with E-state index < -0.39 is 33.1 Å². The summed E-state index contributed by atoms with van der Waals surface area (Å²) in [4.78, 5) is 37.2. The first-order valence-electron chi connectivity index (χ1n) is 6.19. The summed E-state index contributed by atoms with van der Waals surface area (Å²) in [6.45, 7) is 4.63. The van der Waals surface area contributed by atoms with Crippen molar-refractivity contribution in [3.63, 3.8) is 0 Å². The Morgan fingerprint density at radius 2 is 1.95 bits per heavy atom. The van der Waals surface area contributed by atoms with Crippen molar-refractivity contribution in [3.05, 3.63) is 0 Å². The summed E-state index contributed by atoms with van der Waals surface area (Å²) < 4.78 is 2.72. The minimum atomic E-state index is -1.70. The first kappa shape index (κ1) is 17.2. The third-order valence-electron chi connectivity index (χ3n) is 3.48. The molecule has 2 fully saturated rings. The van der Waals surface area contributed by atoms with Crippen molar-refractivity contribution in [2.24, 2.45) is 5.92 Å². The maximum Gasteiger partial charge on any atom is 0.330 e. The second kappa shape index (κ2) is 5.48. The van der Waals surface area contributed by atoms with E-state index in [9.17, 15) is 14.4 Å². The highest BCUT2D eigenvalue weighted by Crippen LogP contribution is 2.53. The molecule has 0 saturated carbocycles. The third-order valence-corrected chi connectivity index (χ3v) is 5.38. The lowest BCUT2D eigenvalue weighted by molar-refractivity contribution is -0.168. The van der Waals surface area contributed by atoms with Gasteiger partial charge in [0.2, 0.25) is 9.70 Å². The Kier molecular flexibility index (Phi) is 4.48. The molecule has 0 aliphatic carbocycles. The van der Waals surface area contributed by atoms with E-state index >= 15 is 0 Å². The van der Waals surface area contributed by atoms with Crippen LogP contribution in [0, 0.1) is 5.92 Å². The summed E-state index contributed by atoms with van der Waals surface area (Å²) in [7, 11) is 0. The van der Waals surface area contributed by atoms with Crippen LogP contribution in [-0.4, -0.2) is 49.1 Å². The lowest BCUT2D eigenvalue weighted by Crippen LogP contribution is -2.64. The molecule has 1 amide bonds. The molecule has 5 nitrogen and oxygen atoms in total. The minimum absolute atomic E-state index is 0.195. The average molecular weight is 375 g/mol. The van der Waals surface area contributed by atoms with Crippen LogP contribution in [0.25, 0.3) is 0 Å². The Hall–Kier alpha value is -0.170. The maximum atomic E-state index is 12.2. The number of amides is 1. The molecule has 0 aromatic heterocycles. The van der Waals surface area contributed by atoms with Gasteiger partial charge in [-0.05, 0) is 20.8 Å². The number of thioether (sulfide) groups is 1. The molecule has 0 aromatic rings. The van der Waals surface area contributed by atoms with Crippen molar-refractivity contribution < 1.29 is 19.1 Å². The number of Topliss-reactive ketones (excluding diaryl/α,β-unsaturated/α-hetero) is 1. The summed E-state index contributed by atoms with van der Waals surface area (Å²) in [6, 6.07) is -0.789. The van der Waals surface area contributed by atoms with Gasteiger partial charge in [-0.1, -0.05) is 34.8 Å². The van der Waals surface area contributed by atoms with Crippen molar-refractivity contribution in [1.29, 1.82) is 0 Å². The second-order valence-electron chi connectivity index (χ2n) is 5.57. The number of fused-ring (bicyclic) bond motifs is 1. The van der Waals surface area contributed by atoms with E-state index in [2.05, 4.69) is 0 Å². The number of hydrogen-bond acceptors (Lipinski definition) is 5. The number of halogens is 3. The van der Waals surface area contributed by atoms with Crippen LogP contribution in [0.2, 0.25) is 0 Å². The highest BCUT2D eigenvalue weighted by Gasteiger charge is 2.65. The molecule has 0 aromatic carbocycles. The summed E-state index contributed by atoms with van der Waals surface area (Å²) in [5, 5.41) is -0.324. The van der Waals surface area contributed by atoms with Gasteiger partial charge in [0.05, 0.1) is 5.37 Å². The Bertz CT molecular complexity index is 505. The van der Waals surface area contributed by atoms with E-state index in [0.717, 1.165) is 0 Å². The highest BCUT2D eigenvalue weighted by molar-refractivity contribution is 8.01. The topological polar surface area (TPSA) is 63.7 Å². The molecule has 2 aliphatic rings. The Balaban J connectivity index is 2.14. The predicted octanol–water partition coefficient (Wildman–Crippen LogP) is 2.17. The van der Waals surface area contributed by atoms with E-state index in [4.69, 9.17) is 39.5 Å². The van der Waals surface area contributed by atoms with Gasteiger partial charge in [-0.15, -0.1) is 11.8 Å². The van der Waals surface area contributed by atoms with E-state index in [1.54, 1.807) is 0 Å². The summed E-state index contributed by atoms with van der Waals surface area (Å²) >= 11 is 18.1. The molecule has 21 heavy (non-hydrogen) atoms. The fourth-order valence-corrected chi connectivity index (χ4v) is 4.51. The zero-order valence-electron chi connectivity index (χ0n) is 11.6. The molecule has 0 N–H and O–H groups in total. The molecule has 2 rings (SSSR count). The number of esters is 1. The monoisotopic (exact) mass is 373 g/mol. The van der Waals surface area contributed by atoms with Gasteiger partial charge in [-0.25, -0.2) is 4.79 Å². The third kappa shape index (κ3) is 3.14. The number of ether oxygens (including phenoxy) is 1. The van der Waals surface area contributed by atoms with Gasteiger partial charge < -0.3 is 9.64 Å². The van der Waals surface area contributed by atoms with Gasteiger partial charge in [-0.3, -0.25) is 9.59 Å². The van der Waals surface area contributed by atoms with Crippen LogP contribution >= 0.6 is 46.6 Å². The minimum Gasteiger partial charge on any atom is -0.460 e. The molecule has 9 heteroatoms. The molecule has 2 heterocycles. The first-order valence-corrected chi connectivity index (χ1v) is 8.21. The number of hydrogen-bond donors (Lipinski definition) is 0. The molecule has 0 bridgehead atoms. The van der Waals surface area contributed by atoms with Crippen LogP contribution < -0.4 is 0 Å². The van der Waals surface area contributed by atoms with Gasteiger partial charge in [0, 0.05) is 4.75 Å². The van der Waals surface area contributed by atoms with E-state index in [0.29, 0.717) is 0 Å². The SMILES string of the molecule is CC(=O)[C@H]1C(=O)N2[C@@H]1SC(C)(C)[C@@H]2C(=O)OCC(Cl)(Cl)Cl. The summed E-state index contributed by atoms with van der Waals surface area (Å²) in [5.74, 6) is -1.85. The average Bonchev–Trinajstić information content (AvgIpc) is 2.53. The van der Waals surface area contributed by atoms with E-state index in [1.807, 2.05) is 13.8 Å². The Labute approximate surface area is 141 Å². The highest BCUT2D eigenvalue weighted by atomic mass is 35.6. The quantitative estimate of drug-likeness (QED) is 0.328. The zero-order chi connectivity index (χ0) is 16.2. The van der Waals surface area contributed by atoms with Crippen molar-refractivity contribution in [2.45, 2.75) is 40.7 Å². The molecule has 2 saturated heterocycles. The molecule has 0 unspecified atom stereocenters. The largest absolute Gasteiger partial charge is 0.460 e. The molecular weight excluding hydrogens is 361 g/mol. The molecule has 0 spiro atoms. The number of alkyl halides is 3. The number of nitrogens with zero attached hydrogens (tertiary/aromatic N) is 1. The molecular formula is C12H14Cl3NO4S. The first-order chi connectivity index (χ1) is 9.46. The lowest BCUT2D eigenvalue weighted by Gasteiger charge is -2.42. The van der Waals surface area contributed by atoms with Gasteiger partial charge in [-0.2, -0.15) is 0 Å². The van der Waals surface area contributed by atoms with E-state index in [-0.39, 0.29) is 17.1 Å².